The minimum atomic E-state index is -4.48. The maximum atomic E-state index is 13.0. The molecule has 0 bridgehead atoms. The third-order valence-electron chi connectivity index (χ3n) is 6.38. The summed E-state index contributed by atoms with van der Waals surface area (Å²) in [5.74, 6) is -0.918. The number of aliphatic carboxylic acids is 1. The zero-order chi connectivity index (χ0) is 25.4. The van der Waals surface area contributed by atoms with Gasteiger partial charge < -0.3 is 15.5 Å². The molecule has 186 valence electrons. The van der Waals surface area contributed by atoms with Crippen LogP contribution in [0.4, 0.5) is 24.8 Å². The zero-order valence-electron chi connectivity index (χ0n) is 19.1. The second-order valence-corrected chi connectivity index (χ2v) is 10.1. The van der Waals surface area contributed by atoms with Gasteiger partial charge in [-0.1, -0.05) is 0 Å². The lowest BCUT2D eigenvalue weighted by molar-refractivity contribution is -0.144. The lowest BCUT2D eigenvalue weighted by Gasteiger charge is -2.35. The molecule has 3 aromatic heterocycles. The van der Waals surface area contributed by atoms with E-state index in [9.17, 15) is 28.2 Å². The summed E-state index contributed by atoms with van der Waals surface area (Å²) in [6.07, 6.45) is 0.459. The Morgan fingerprint density at radius 1 is 1.11 bits per heavy atom. The van der Waals surface area contributed by atoms with Gasteiger partial charge in [-0.25, -0.2) is 15.0 Å². The minimum absolute atomic E-state index is 0.0220. The molecular weight excluding hydrogens is 481 g/mol. The molecule has 1 aliphatic carbocycles. The quantitative estimate of drug-likeness (QED) is 0.390. The molecule has 3 aromatic rings. The van der Waals surface area contributed by atoms with Crippen molar-refractivity contribution in [3.8, 4) is 10.6 Å². The van der Waals surface area contributed by atoms with Crippen LogP contribution in [0.3, 0.4) is 0 Å². The minimum Gasteiger partial charge on any atom is -0.481 e. The number of rotatable bonds is 6. The van der Waals surface area contributed by atoms with Crippen LogP contribution in [0.25, 0.3) is 10.6 Å². The molecule has 1 atom stereocenters. The first-order valence-electron chi connectivity index (χ1n) is 11.1. The van der Waals surface area contributed by atoms with E-state index in [1.165, 1.54) is 11.3 Å². The maximum absolute atomic E-state index is 13.0. The molecule has 0 radical (unpaired) electrons. The summed E-state index contributed by atoms with van der Waals surface area (Å²) in [6, 6.07) is 5.35. The van der Waals surface area contributed by atoms with Gasteiger partial charge in [-0.05, 0) is 75.3 Å². The Hall–Kier alpha value is -3.05. The number of aromatic nitrogens is 3. The standard InChI is InChI=1S/C24H25F3N4O3S/c1-13-9-17(30-20(10-13)31-19-11-16(7-8-28-19)24(25,26)27)18-12-29-22(35-18)23(2,34)15-5-3-14(4-6-15)21(32)33/h7-12,14-15,34H,3-6H2,1-2H3,(H,32,33)(H,28,30,31)/t14-,15-,23-/m0/s1. The van der Waals surface area contributed by atoms with Crippen LogP contribution >= 0.6 is 11.3 Å². The summed E-state index contributed by atoms with van der Waals surface area (Å²) in [5, 5.41) is 23.8. The highest BCUT2D eigenvalue weighted by molar-refractivity contribution is 7.15. The molecule has 3 heterocycles. The van der Waals surface area contributed by atoms with E-state index in [2.05, 4.69) is 20.3 Å². The van der Waals surface area contributed by atoms with E-state index in [-0.39, 0.29) is 17.7 Å². The van der Waals surface area contributed by atoms with Gasteiger partial charge in [-0.2, -0.15) is 13.2 Å². The first-order chi connectivity index (χ1) is 16.4. The van der Waals surface area contributed by atoms with E-state index in [0.717, 1.165) is 23.9 Å². The average Bonchev–Trinajstić information content (AvgIpc) is 3.30. The summed E-state index contributed by atoms with van der Waals surface area (Å²) in [7, 11) is 0. The van der Waals surface area contributed by atoms with Gasteiger partial charge in [-0.15, -0.1) is 11.3 Å². The number of nitrogens with one attached hydrogen (secondary N) is 1. The summed E-state index contributed by atoms with van der Waals surface area (Å²) < 4.78 is 39.1. The number of anilines is 2. The third-order valence-corrected chi connectivity index (χ3v) is 7.62. The van der Waals surface area contributed by atoms with Gasteiger partial charge in [0.2, 0.25) is 0 Å². The second-order valence-electron chi connectivity index (χ2n) is 9.03. The molecule has 1 fully saturated rings. The summed E-state index contributed by atoms with van der Waals surface area (Å²) in [5.41, 5.74) is -0.624. The van der Waals surface area contributed by atoms with Gasteiger partial charge in [0.05, 0.1) is 22.1 Å². The molecule has 11 heteroatoms. The number of hydrogen-bond donors (Lipinski definition) is 3. The number of alkyl halides is 3. The largest absolute Gasteiger partial charge is 0.481 e. The Kier molecular flexibility index (Phi) is 6.83. The molecule has 0 aromatic carbocycles. The van der Waals surface area contributed by atoms with Crippen molar-refractivity contribution in [3.05, 3.63) is 52.8 Å². The fraction of sp³-hybridized carbons (Fsp3) is 0.417. The predicted octanol–water partition coefficient (Wildman–Crippen LogP) is 5.77. The number of aryl methyl sites for hydroxylation is 1. The molecule has 0 unspecified atom stereocenters. The average molecular weight is 507 g/mol. The number of aliphatic hydroxyl groups is 1. The van der Waals surface area contributed by atoms with Crippen molar-refractivity contribution in [2.24, 2.45) is 11.8 Å². The highest BCUT2D eigenvalue weighted by Gasteiger charge is 2.40. The molecule has 3 N–H and O–H groups in total. The van der Waals surface area contributed by atoms with Crippen molar-refractivity contribution in [1.82, 2.24) is 15.0 Å². The van der Waals surface area contributed by atoms with Gasteiger partial charge in [-0.3, -0.25) is 4.79 Å². The van der Waals surface area contributed by atoms with Crippen molar-refractivity contribution >= 4 is 28.9 Å². The van der Waals surface area contributed by atoms with E-state index < -0.39 is 23.3 Å². The normalized spacial score (nSPS) is 20.3. The molecule has 1 saturated carbocycles. The van der Waals surface area contributed by atoms with Gasteiger partial charge in [0.25, 0.3) is 0 Å². The third kappa shape index (κ3) is 5.62. The smallest absolute Gasteiger partial charge is 0.416 e. The van der Waals surface area contributed by atoms with Crippen LogP contribution in [-0.4, -0.2) is 31.1 Å². The Bertz CT molecular complexity index is 1220. The van der Waals surface area contributed by atoms with Crippen LogP contribution in [0.1, 0.15) is 48.7 Å². The number of nitrogens with zero attached hydrogens (tertiary/aromatic N) is 3. The first kappa shape index (κ1) is 25.1. The summed E-state index contributed by atoms with van der Waals surface area (Å²) >= 11 is 1.29. The number of carboxylic acid groups (broad SMARTS) is 1. The van der Waals surface area contributed by atoms with E-state index in [1.54, 1.807) is 19.2 Å². The molecule has 0 spiro atoms. The molecule has 0 aliphatic heterocycles. The lowest BCUT2D eigenvalue weighted by atomic mass is 9.74. The van der Waals surface area contributed by atoms with Crippen molar-refractivity contribution in [1.29, 1.82) is 0 Å². The summed E-state index contributed by atoms with van der Waals surface area (Å²) in [4.78, 5) is 24.8. The molecule has 0 amide bonds. The van der Waals surface area contributed by atoms with Gasteiger partial charge in [0, 0.05) is 12.4 Å². The second kappa shape index (κ2) is 9.54. The van der Waals surface area contributed by atoms with E-state index in [0.29, 0.717) is 47.1 Å². The van der Waals surface area contributed by atoms with Crippen LogP contribution < -0.4 is 5.32 Å². The van der Waals surface area contributed by atoms with Crippen molar-refractivity contribution in [2.45, 2.75) is 51.3 Å². The Morgan fingerprint density at radius 2 is 1.83 bits per heavy atom. The van der Waals surface area contributed by atoms with E-state index in [1.807, 2.05) is 13.0 Å². The van der Waals surface area contributed by atoms with Crippen molar-refractivity contribution in [2.75, 3.05) is 5.32 Å². The van der Waals surface area contributed by atoms with Crippen LogP contribution in [0, 0.1) is 18.8 Å². The van der Waals surface area contributed by atoms with Crippen molar-refractivity contribution in [3.63, 3.8) is 0 Å². The van der Waals surface area contributed by atoms with E-state index in [4.69, 9.17) is 0 Å². The first-order valence-corrected chi connectivity index (χ1v) is 12.0. The van der Waals surface area contributed by atoms with Gasteiger partial charge >= 0.3 is 12.1 Å². The van der Waals surface area contributed by atoms with Crippen LogP contribution in [0.2, 0.25) is 0 Å². The highest BCUT2D eigenvalue weighted by atomic mass is 32.1. The molecule has 35 heavy (non-hydrogen) atoms. The molecule has 0 saturated heterocycles. The van der Waals surface area contributed by atoms with Crippen LogP contribution in [0.5, 0.6) is 0 Å². The van der Waals surface area contributed by atoms with Crippen molar-refractivity contribution < 1.29 is 28.2 Å². The molecule has 4 rings (SSSR count). The number of carboxylic acids is 1. The Labute approximate surface area is 204 Å². The lowest BCUT2D eigenvalue weighted by Crippen LogP contribution is -2.35. The number of carbonyl (C=O) groups is 1. The number of thiazole rings is 1. The predicted molar refractivity (Wildman–Crippen MR) is 125 cm³/mol. The maximum Gasteiger partial charge on any atom is 0.416 e. The number of halogens is 3. The fourth-order valence-corrected chi connectivity index (χ4v) is 5.37. The fourth-order valence-electron chi connectivity index (χ4n) is 4.37. The van der Waals surface area contributed by atoms with Gasteiger partial charge in [0.15, 0.2) is 0 Å². The highest BCUT2D eigenvalue weighted by Crippen LogP contribution is 2.43. The Morgan fingerprint density at radius 3 is 2.49 bits per heavy atom. The zero-order valence-corrected chi connectivity index (χ0v) is 20.0. The topological polar surface area (TPSA) is 108 Å². The molecular formula is C24H25F3N4O3S. The van der Waals surface area contributed by atoms with E-state index >= 15 is 0 Å². The van der Waals surface area contributed by atoms with Crippen LogP contribution in [0.15, 0.2) is 36.7 Å². The number of hydrogen-bond acceptors (Lipinski definition) is 7. The van der Waals surface area contributed by atoms with Gasteiger partial charge in [0.1, 0.15) is 22.2 Å². The Balaban J connectivity index is 1.54. The molecule has 1 aliphatic rings. The molecule has 7 nitrogen and oxygen atoms in total. The number of pyridine rings is 2. The van der Waals surface area contributed by atoms with Crippen LogP contribution in [-0.2, 0) is 16.6 Å². The monoisotopic (exact) mass is 506 g/mol. The SMILES string of the molecule is Cc1cc(Nc2cc(C(F)(F)F)ccn2)nc(-c2cnc([C@@](C)(O)[C@H]3CC[C@H](C(=O)O)CC3)s2)c1. The summed E-state index contributed by atoms with van der Waals surface area (Å²) in [6.45, 7) is 3.55.